The summed E-state index contributed by atoms with van der Waals surface area (Å²) in [6, 6.07) is 0. The second-order valence-corrected chi connectivity index (χ2v) is 2.68. The minimum Gasteiger partial charge on any atom is -0.463 e. The second kappa shape index (κ2) is 4.59. The molecule has 5 heteroatoms. The van der Waals surface area contributed by atoms with Crippen LogP contribution in [0.15, 0.2) is 6.33 Å². The highest BCUT2D eigenvalue weighted by Gasteiger charge is 2.10. The number of rotatable bonds is 4. The number of nitrogens with zero attached hydrogens (tertiary/aromatic N) is 3. The molecule has 13 heavy (non-hydrogen) atoms. The van der Waals surface area contributed by atoms with Gasteiger partial charge in [0.15, 0.2) is 0 Å². The molecule has 0 aromatic carbocycles. The van der Waals surface area contributed by atoms with Gasteiger partial charge in [-0.05, 0) is 6.42 Å². The molecular formula is C8H13N3O2. The van der Waals surface area contributed by atoms with Gasteiger partial charge in [-0.1, -0.05) is 13.3 Å². The number of carbonyl (C=O) groups excluding carboxylic acids is 1. The van der Waals surface area contributed by atoms with E-state index in [1.165, 1.54) is 7.11 Å². The SMILES string of the molecule is CCCCn1cnc(C(=O)OC)n1. The number of carbonyl (C=O) groups is 1. The average Bonchev–Trinajstić information content (AvgIpc) is 2.62. The molecule has 0 radical (unpaired) electrons. The summed E-state index contributed by atoms with van der Waals surface area (Å²) >= 11 is 0. The maximum atomic E-state index is 10.9. The highest BCUT2D eigenvalue weighted by atomic mass is 16.5. The van der Waals surface area contributed by atoms with E-state index >= 15 is 0 Å². The standard InChI is InChI=1S/C8H13N3O2/c1-3-4-5-11-6-9-7(10-11)8(12)13-2/h6H,3-5H2,1-2H3. The Balaban J connectivity index is 2.58. The summed E-state index contributed by atoms with van der Waals surface area (Å²) in [6.45, 7) is 2.89. The first-order valence-electron chi connectivity index (χ1n) is 4.25. The lowest BCUT2D eigenvalue weighted by atomic mass is 10.3. The van der Waals surface area contributed by atoms with Crippen LogP contribution in [0.2, 0.25) is 0 Å². The molecule has 0 N–H and O–H groups in total. The summed E-state index contributed by atoms with van der Waals surface area (Å²) in [5.41, 5.74) is 0. The summed E-state index contributed by atoms with van der Waals surface area (Å²) < 4.78 is 6.13. The zero-order chi connectivity index (χ0) is 9.68. The molecule has 0 amide bonds. The van der Waals surface area contributed by atoms with Crippen LogP contribution in [0.25, 0.3) is 0 Å². The molecule has 5 nitrogen and oxygen atoms in total. The van der Waals surface area contributed by atoms with Crippen molar-refractivity contribution in [2.45, 2.75) is 26.3 Å². The first kappa shape index (κ1) is 9.70. The molecule has 0 saturated heterocycles. The molecule has 0 unspecified atom stereocenters. The lowest BCUT2D eigenvalue weighted by Gasteiger charge is -1.95. The topological polar surface area (TPSA) is 57.0 Å². The molecule has 1 heterocycles. The highest BCUT2D eigenvalue weighted by molar-refractivity contribution is 5.84. The molecule has 0 fully saturated rings. The maximum Gasteiger partial charge on any atom is 0.377 e. The second-order valence-electron chi connectivity index (χ2n) is 2.68. The van der Waals surface area contributed by atoms with E-state index in [1.54, 1.807) is 11.0 Å². The minimum atomic E-state index is -0.491. The Morgan fingerprint density at radius 3 is 3.08 bits per heavy atom. The fourth-order valence-electron chi connectivity index (χ4n) is 0.907. The van der Waals surface area contributed by atoms with Gasteiger partial charge in [0.2, 0.25) is 0 Å². The number of unbranched alkanes of at least 4 members (excludes halogenated alkanes) is 1. The van der Waals surface area contributed by atoms with Crippen LogP contribution in [0.5, 0.6) is 0 Å². The van der Waals surface area contributed by atoms with Crippen LogP contribution in [0.3, 0.4) is 0 Å². The minimum absolute atomic E-state index is 0.124. The Morgan fingerprint density at radius 1 is 1.69 bits per heavy atom. The van der Waals surface area contributed by atoms with Gasteiger partial charge in [0.1, 0.15) is 6.33 Å². The van der Waals surface area contributed by atoms with Crippen molar-refractivity contribution in [3.8, 4) is 0 Å². The Labute approximate surface area is 76.7 Å². The van der Waals surface area contributed by atoms with E-state index in [2.05, 4.69) is 21.7 Å². The van der Waals surface area contributed by atoms with Crippen LogP contribution >= 0.6 is 0 Å². The predicted molar refractivity (Wildman–Crippen MR) is 46.3 cm³/mol. The summed E-state index contributed by atoms with van der Waals surface area (Å²) in [7, 11) is 1.31. The molecule has 0 aliphatic heterocycles. The summed E-state index contributed by atoms with van der Waals surface area (Å²) in [4.78, 5) is 14.8. The number of aryl methyl sites for hydroxylation is 1. The van der Waals surface area contributed by atoms with Crippen molar-refractivity contribution in [2.75, 3.05) is 7.11 Å². The van der Waals surface area contributed by atoms with Gasteiger partial charge in [-0.3, -0.25) is 4.68 Å². The zero-order valence-electron chi connectivity index (χ0n) is 7.86. The Morgan fingerprint density at radius 2 is 2.46 bits per heavy atom. The van der Waals surface area contributed by atoms with Crippen molar-refractivity contribution in [1.29, 1.82) is 0 Å². The van der Waals surface area contributed by atoms with E-state index in [1.807, 2.05) is 0 Å². The summed E-state index contributed by atoms with van der Waals surface area (Å²) in [6.07, 6.45) is 3.67. The van der Waals surface area contributed by atoms with E-state index in [0.29, 0.717) is 0 Å². The van der Waals surface area contributed by atoms with Crippen LogP contribution in [-0.2, 0) is 11.3 Å². The molecular weight excluding hydrogens is 170 g/mol. The van der Waals surface area contributed by atoms with Gasteiger partial charge in [0.05, 0.1) is 7.11 Å². The van der Waals surface area contributed by atoms with Crippen LogP contribution in [0.1, 0.15) is 30.4 Å². The number of aromatic nitrogens is 3. The van der Waals surface area contributed by atoms with Gasteiger partial charge in [0, 0.05) is 6.54 Å². The summed E-state index contributed by atoms with van der Waals surface area (Å²) in [5, 5.41) is 3.95. The normalized spacial score (nSPS) is 10.0. The first-order chi connectivity index (χ1) is 6.27. The lowest BCUT2D eigenvalue weighted by Crippen LogP contribution is -2.05. The molecule has 1 rings (SSSR count). The molecule has 0 spiro atoms. The number of esters is 1. The Bertz CT molecular complexity index is 283. The van der Waals surface area contributed by atoms with Crippen LogP contribution in [0, 0.1) is 0 Å². The third-order valence-electron chi connectivity index (χ3n) is 1.65. The maximum absolute atomic E-state index is 10.9. The number of methoxy groups -OCH3 is 1. The number of ether oxygens (including phenoxy) is 1. The van der Waals surface area contributed by atoms with Gasteiger partial charge in [-0.15, -0.1) is 5.10 Å². The fraction of sp³-hybridized carbons (Fsp3) is 0.625. The lowest BCUT2D eigenvalue weighted by molar-refractivity contribution is 0.0586. The Hall–Kier alpha value is -1.39. The first-order valence-corrected chi connectivity index (χ1v) is 4.25. The molecule has 0 atom stereocenters. The largest absolute Gasteiger partial charge is 0.463 e. The molecule has 0 aliphatic rings. The molecule has 0 saturated carbocycles. The van der Waals surface area contributed by atoms with E-state index < -0.39 is 5.97 Å². The van der Waals surface area contributed by atoms with Crippen molar-refractivity contribution in [2.24, 2.45) is 0 Å². The van der Waals surface area contributed by atoms with Crippen molar-refractivity contribution >= 4 is 5.97 Å². The summed E-state index contributed by atoms with van der Waals surface area (Å²) in [5.74, 6) is -0.367. The van der Waals surface area contributed by atoms with E-state index in [9.17, 15) is 4.79 Å². The van der Waals surface area contributed by atoms with Crippen LogP contribution in [-0.4, -0.2) is 27.8 Å². The van der Waals surface area contributed by atoms with Crippen molar-refractivity contribution in [3.05, 3.63) is 12.2 Å². The van der Waals surface area contributed by atoms with Gasteiger partial charge < -0.3 is 4.74 Å². The van der Waals surface area contributed by atoms with Crippen LogP contribution in [0.4, 0.5) is 0 Å². The predicted octanol–water partition coefficient (Wildman–Crippen LogP) is 0.865. The fourth-order valence-corrected chi connectivity index (χ4v) is 0.907. The van der Waals surface area contributed by atoms with E-state index in [0.717, 1.165) is 19.4 Å². The van der Waals surface area contributed by atoms with Gasteiger partial charge in [0.25, 0.3) is 5.82 Å². The van der Waals surface area contributed by atoms with Gasteiger partial charge in [-0.25, -0.2) is 9.78 Å². The average molecular weight is 183 g/mol. The smallest absolute Gasteiger partial charge is 0.377 e. The number of hydrogen-bond acceptors (Lipinski definition) is 4. The Kier molecular flexibility index (Phi) is 3.42. The van der Waals surface area contributed by atoms with E-state index in [-0.39, 0.29) is 5.82 Å². The monoisotopic (exact) mass is 183 g/mol. The van der Waals surface area contributed by atoms with Crippen LogP contribution < -0.4 is 0 Å². The quantitative estimate of drug-likeness (QED) is 0.650. The van der Waals surface area contributed by atoms with Gasteiger partial charge >= 0.3 is 5.97 Å². The molecule has 72 valence electrons. The molecule has 1 aromatic rings. The molecule has 1 aromatic heterocycles. The van der Waals surface area contributed by atoms with Crippen molar-refractivity contribution in [1.82, 2.24) is 14.8 Å². The molecule has 0 aliphatic carbocycles. The zero-order valence-corrected chi connectivity index (χ0v) is 7.86. The highest BCUT2D eigenvalue weighted by Crippen LogP contribution is 1.95. The van der Waals surface area contributed by atoms with Gasteiger partial charge in [-0.2, -0.15) is 0 Å². The van der Waals surface area contributed by atoms with Crippen molar-refractivity contribution in [3.63, 3.8) is 0 Å². The van der Waals surface area contributed by atoms with E-state index in [4.69, 9.17) is 0 Å². The van der Waals surface area contributed by atoms with Crippen molar-refractivity contribution < 1.29 is 9.53 Å². The number of hydrogen-bond donors (Lipinski definition) is 0. The third-order valence-corrected chi connectivity index (χ3v) is 1.65. The molecule has 0 bridgehead atoms. The third kappa shape index (κ3) is 2.54.